The molecule has 1 aliphatic carbocycles. The van der Waals surface area contributed by atoms with Gasteiger partial charge in [0.15, 0.2) is 0 Å². The smallest absolute Gasteiger partial charge is 0.0541 e. The number of nitrogens with zero attached hydrogens (tertiary/aromatic N) is 2. The van der Waals surface area contributed by atoms with E-state index in [2.05, 4.69) is 236 Å². The van der Waals surface area contributed by atoms with Crippen LogP contribution in [0.3, 0.4) is 0 Å². The van der Waals surface area contributed by atoms with Crippen molar-refractivity contribution in [2.45, 2.75) is 32.6 Å². The first-order valence-corrected chi connectivity index (χ1v) is 22.4. The third kappa shape index (κ3) is 7.02. The SMILES string of the molecule is C=Cc1ccc(-c2ccc([C@@H](C)C[C@@H](C)C3C=CC(c4ccc(-c5cc(-n6c7ccccc7c7ccccc76)cc(-n6c7ccccc7c7ccccc76)c5)cc4)=CC3)cc2)cc1. The molecule has 0 bridgehead atoms. The molecule has 0 radical (unpaired) electrons. The van der Waals surface area contributed by atoms with Crippen LogP contribution in [-0.2, 0) is 0 Å². The van der Waals surface area contributed by atoms with Crippen LogP contribution >= 0.6 is 0 Å². The van der Waals surface area contributed by atoms with Gasteiger partial charge in [0.2, 0.25) is 0 Å². The van der Waals surface area contributed by atoms with E-state index in [9.17, 15) is 0 Å². The summed E-state index contributed by atoms with van der Waals surface area (Å²) in [5.74, 6) is 1.60. The molecule has 0 aliphatic heterocycles. The van der Waals surface area contributed by atoms with E-state index in [1.807, 2.05) is 6.08 Å². The topological polar surface area (TPSA) is 9.86 Å². The molecule has 2 aromatic heterocycles. The Morgan fingerprint density at radius 3 is 1.40 bits per heavy atom. The van der Waals surface area contributed by atoms with Crippen LogP contribution in [0.2, 0.25) is 0 Å². The van der Waals surface area contributed by atoms with E-state index in [1.165, 1.54) is 82.6 Å². The van der Waals surface area contributed by atoms with E-state index in [0.717, 1.165) is 29.8 Å². The fourth-order valence-electron chi connectivity index (χ4n) is 10.2. The lowest BCUT2D eigenvalue weighted by molar-refractivity contribution is 0.378. The van der Waals surface area contributed by atoms with Crippen molar-refractivity contribution in [3.63, 3.8) is 0 Å². The van der Waals surface area contributed by atoms with Crippen LogP contribution < -0.4 is 0 Å². The fraction of sp³-hybridized carbons (Fsp3) is 0.115. The van der Waals surface area contributed by atoms with Gasteiger partial charge in [0.05, 0.1) is 22.1 Å². The number of rotatable bonds is 10. The van der Waals surface area contributed by atoms with Crippen molar-refractivity contribution in [1.29, 1.82) is 0 Å². The van der Waals surface area contributed by atoms with E-state index in [1.54, 1.807) is 0 Å². The van der Waals surface area contributed by atoms with E-state index < -0.39 is 0 Å². The highest BCUT2D eigenvalue weighted by molar-refractivity contribution is 6.10. The maximum Gasteiger partial charge on any atom is 0.0541 e. The van der Waals surface area contributed by atoms with Crippen molar-refractivity contribution < 1.29 is 0 Å². The molecule has 0 spiro atoms. The lowest BCUT2D eigenvalue weighted by atomic mass is 9.79. The number of aromatic nitrogens is 2. The second-order valence-corrected chi connectivity index (χ2v) is 17.5. The molecule has 63 heavy (non-hydrogen) atoms. The summed E-state index contributed by atoms with van der Waals surface area (Å²) in [5.41, 5.74) is 17.1. The quantitative estimate of drug-likeness (QED) is 0.130. The van der Waals surface area contributed by atoms with Crippen molar-refractivity contribution in [3.05, 3.63) is 230 Å². The Labute approximate surface area is 370 Å². The van der Waals surface area contributed by atoms with Crippen LogP contribution in [-0.4, -0.2) is 9.13 Å². The molecule has 10 aromatic rings. The standard InChI is InChI=1S/C61H50N2/c1-4-43-21-23-46(24-22-43)47-29-25-44(26-30-47)41(2)37-42(3)45-27-31-48(32-28-45)49-33-35-50(36-34-49)51-38-52(62-58-17-9-5-13-54(58)55-14-6-10-18-59(55)62)40-53(39-51)63-60-19-11-7-15-56(60)57-16-8-12-20-61(57)63/h4-27,29-36,38-42,45H,1,28,37H2,2-3H3/t41-,42+,45?/m0/s1. The molecule has 304 valence electrons. The van der Waals surface area contributed by atoms with Gasteiger partial charge < -0.3 is 9.13 Å². The van der Waals surface area contributed by atoms with Gasteiger partial charge in [0.25, 0.3) is 0 Å². The number of hydrogen-bond donors (Lipinski definition) is 0. The highest BCUT2D eigenvalue weighted by Gasteiger charge is 2.21. The predicted molar refractivity (Wildman–Crippen MR) is 270 cm³/mol. The maximum atomic E-state index is 3.88. The Bertz CT molecular complexity index is 3130. The van der Waals surface area contributed by atoms with Crippen LogP contribution in [0.15, 0.2) is 213 Å². The molecule has 2 heterocycles. The molecular formula is C61H50N2. The zero-order valence-electron chi connectivity index (χ0n) is 36.0. The van der Waals surface area contributed by atoms with E-state index in [4.69, 9.17) is 0 Å². The van der Waals surface area contributed by atoms with E-state index >= 15 is 0 Å². The lowest BCUT2D eigenvalue weighted by Gasteiger charge is -2.26. The molecule has 0 saturated carbocycles. The summed E-state index contributed by atoms with van der Waals surface area (Å²) < 4.78 is 4.88. The lowest BCUT2D eigenvalue weighted by Crippen LogP contribution is -2.13. The first-order chi connectivity index (χ1) is 31.0. The molecule has 0 saturated heterocycles. The number of allylic oxidation sites excluding steroid dienone is 4. The third-order valence-corrected chi connectivity index (χ3v) is 13.7. The average Bonchev–Trinajstić information content (AvgIpc) is 3.87. The first-order valence-electron chi connectivity index (χ1n) is 22.4. The van der Waals surface area contributed by atoms with Gasteiger partial charge in [-0.05, 0) is 118 Å². The molecule has 3 atom stereocenters. The minimum atomic E-state index is 0.493. The number of fused-ring (bicyclic) bond motifs is 6. The molecule has 0 amide bonds. The van der Waals surface area contributed by atoms with Crippen LogP contribution in [0.5, 0.6) is 0 Å². The van der Waals surface area contributed by atoms with Gasteiger partial charge >= 0.3 is 0 Å². The van der Waals surface area contributed by atoms with Gasteiger partial charge in [-0.3, -0.25) is 0 Å². The van der Waals surface area contributed by atoms with E-state index in [-0.39, 0.29) is 0 Å². The monoisotopic (exact) mass is 810 g/mol. The number of benzene rings is 8. The Balaban J connectivity index is 0.879. The molecule has 2 heteroatoms. The summed E-state index contributed by atoms with van der Waals surface area (Å²) in [5, 5.41) is 5.05. The highest BCUT2D eigenvalue weighted by Crippen LogP contribution is 2.39. The molecule has 11 rings (SSSR count). The van der Waals surface area contributed by atoms with Gasteiger partial charge in [-0.2, -0.15) is 0 Å². The van der Waals surface area contributed by atoms with Gasteiger partial charge in [-0.15, -0.1) is 0 Å². The summed E-state index contributed by atoms with van der Waals surface area (Å²) in [6.07, 6.45) is 11.4. The normalized spacial score (nSPS) is 15.0. The Morgan fingerprint density at radius 2 is 0.937 bits per heavy atom. The van der Waals surface area contributed by atoms with Crippen molar-refractivity contribution in [3.8, 4) is 33.6 Å². The number of hydrogen-bond acceptors (Lipinski definition) is 0. The van der Waals surface area contributed by atoms with E-state index in [0.29, 0.717) is 17.8 Å². The largest absolute Gasteiger partial charge is 0.309 e. The second-order valence-electron chi connectivity index (χ2n) is 17.5. The summed E-state index contributed by atoms with van der Waals surface area (Å²) in [7, 11) is 0. The zero-order valence-corrected chi connectivity index (χ0v) is 36.0. The van der Waals surface area contributed by atoms with Gasteiger partial charge in [0, 0.05) is 32.9 Å². The Morgan fingerprint density at radius 1 is 0.508 bits per heavy atom. The molecule has 2 nitrogen and oxygen atoms in total. The van der Waals surface area contributed by atoms with Crippen LogP contribution in [0, 0.1) is 11.8 Å². The molecule has 8 aromatic carbocycles. The summed E-state index contributed by atoms with van der Waals surface area (Å²) in [6.45, 7) is 8.69. The summed E-state index contributed by atoms with van der Waals surface area (Å²) in [4.78, 5) is 0. The van der Waals surface area contributed by atoms with Crippen molar-refractivity contribution >= 4 is 55.3 Å². The average molecular weight is 811 g/mol. The number of para-hydroxylation sites is 4. The predicted octanol–water partition coefficient (Wildman–Crippen LogP) is 16.6. The van der Waals surface area contributed by atoms with Crippen LogP contribution in [0.25, 0.3) is 88.9 Å². The summed E-state index contributed by atoms with van der Waals surface area (Å²) >= 11 is 0. The highest BCUT2D eigenvalue weighted by atomic mass is 15.0. The minimum Gasteiger partial charge on any atom is -0.309 e. The van der Waals surface area contributed by atoms with Crippen LogP contribution in [0.1, 0.15) is 49.3 Å². The molecule has 0 N–H and O–H groups in total. The summed E-state index contributed by atoms with van der Waals surface area (Å²) in [6, 6.07) is 69.3. The van der Waals surface area contributed by atoms with Gasteiger partial charge in [-0.25, -0.2) is 0 Å². The van der Waals surface area contributed by atoms with Crippen LogP contribution in [0.4, 0.5) is 0 Å². The van der Waals surface area contributed by atoms with Gasteiger partial charge in [-0.1, -0.05) is 190 Å². The van der Waals surface area contributed by atoms with Crippen molar-refractivity contribution in [2.75, 3.05) is 0 Å². The second kappa shape index (κ2) is 16.1. The first kappa shape index (κ1) is 38.5. The van der Waals surface area contributed by atoms with Crippen molar-refractivity contribution in [2.24, 2.45) is 11.8 Å². The molecule has 0 fully saturated rings. The van der Waals surface area contributed by atoms with Gasteiger partial charge in [0.1, 0.15) is 0 Å². The third-order valence-electron chi connectivity index (χ3n) is 13.7. The maximum absolute atomic E-state index is 3.88. The molecule has 1 unspecified atom stereocenters. The minimum absolute atomic E-state index is 0.493. The molecule has 1 aliphatic rings. The molecular weight excluding hydrogens is 761 g/mol. The Hall–Kier alpha value is -7.42. The Kier molecular flexibility index (Phi) is 9.85. The van der Waals surface area contributed by atoms with Crippen molar-refractivity contribution in [1.82, 2.24) is 9.13 Å². The zero-order chi connectivity index (χ0) is 42.4. The fourth-order valence-corrected chi connectivity index (χ4v) is 10.2.